The largest absolute Gasteiger partial charge is 0.497 e. The molecular formula is C18H22N4O2. The molecule has 3 rings (SSSR count). The van der Waals surface area contributed by atoms with Crippen LogP contribution in [-0.2, 0) is 0 Å². The van der Waals surface area contributed by atoms with Crippen molar-refractivity contribution in [1.82, 2.24) is 15.2 Å². The van der Waals surface area contributed by atoms with Crippen molar-refractivity contribution < 1.29 is 9.47 Å². The molecule has 0 spiro atoms. The van der Waals surface area contributed by atoms with E-state index in [1.165, 1.54) is 0 Å². The molecule has 0 radical (unpaired) electrons. The minimum Gasteiger partial charge on any atom is -0.497 e. The molecule has 0 aliphatic rings. The van der Waals surface area contributed by atoms with Crippen LogP contribution in [0.4, 0.5) is 11.6 Å². The zero-order valence-corrected chi connectivity index (χ0v) is 14.4. The number of anilines is 2. The lowest BCUT2D eigenvalue weighted by atomic mass is 10.1. The normalized spacial score (nSPS) is 11.0. The summed E-state index contributed by atoms with van der Waals surface area (Å²) in [6.07, 6.45) is 0. The van der Waals surface area contributed by atoms with Gasteiger partial charge in [0.25, 0.3) is 0 Å². The van der Waals surface area contributed by atoms with Crippen molar-refractivity contribution in [2.45, 2.75) is 20.8 Å². The van der Waals surface area contributed by atoms with E-state index in [4.69, 9.17) is 9.47 Å². The van der Waals surface area contributed by atoms with E-state index >= 15 is 0 Å². The van der Waals surface area contributed by atoms with Crippen molar-refractivity contribution >= 4 is 22.4 Å². The highest BCUT2D eigenvalue weighted by Crippen LogP contribution is 2.31. The Labute approximate surface area is 141 Å². The van der Waals surface area contributed by atoms with Gasteiger partial charge in [-0.15, -0.1) is 0 Å². The lowest BCUT2D eigenvalue weighted by Crippen LogP contribution is -2.07. The van der Waals surface area contributed by atoms with Crippen LogP contribution in [0.5, 0.6) is 11.6 Å². The van der Waals surface area contributed by atoms with Crippen LogP contribution in [0, 0.1) is 12.8 Å². The van der Waals surface area contributed by atoms with Crippen LogP contribution < -0.4 is 14.8 Å². The Morgan fingerprint density at radius 3 is 2.67 bits per heavy atom. The zero-order valence-electron chi connectivity index (χ0n) is 14.4. The number of pyridine rings is 1. The first-order chi connectivity index (χ1) is 11.5. The summed E-state index contributed by atoms with van der Waals surface area (Å²) in [7, 11) is 1.66. The van der Waals surface area contributed by atoms with Crippen molar-refractivity contribution in [3.05, 3.63) is 36.0 Å². The number of aromatic nitrogens is 3. The molecule has 0 bridgehead atoms. The summed E-state index contributed by atoms with van der Waals surface area (Å²) in [4.78, 5) is 4.60. The van der Waals surface area contributed by atoms with Gasteiger partial charge in [-0.05, 0) is 42.5 Å². The molecule has 126 valence electrons. The number of fused-ring (bicyclic) bond motifs is 1. The number of aryl methyl sites for hydroxylation is 1. The average Bonchev–Trinajstić information content (AvgIpc) is 2.96. The van der Waals surface area contributed by atoms with Crippen molar-refractivity contribution in [2.24, 2.45) is 5.92 Å². The minimum absolute atomic E-state index is 0.422. The number of hydrogen-bond donors (Lipinski definition) is 2. The minimum atomic E-state index is 0.422. The standard InChI is InChI=1S/C18H22N4O2/c1-11(2)10-24-18-15-6-5-14(23-4)8-13(15)9-16(20-18)19-17-7-12(3)21-22-17/h5-9,11H,10H2,1-4H3,(H2,19,20,21,22). The molecular weight excluding hydrogens is 304 g/mol. The molecule has 0 atom stereocenters. The number of ether oxygens (including phenoxy) is 2. The van der Waals surface area contributed by atoms with Gasteiger partial charge in [-0.1, -0.05) is 13.8 Å². The molecule has 24 heavy (non-hydrogen) atoms. The van der Waals surface area contributed by atoms with Crippen molar-refractivity contribution in [3.63, 3.8) is 0 Å². The first kappa shape index (κ1) is 16.1. The Hall–Kier alpha value is -2.76. The molecule has 0 amide bonds. The smallest absolute Gasteiger partial charge is 0.223 e. The van der Waals surface area contributed by atoms with Crippen molar-refractivity contribution in [2.75, 3.05) is 19.0 Å². The lowest BCUT2D eigenvalue weighted by Gasteiger charge is -2.13. The number of H-pyrrole nitrogens is 1. The van der Waals surface area contributed by atoms with Crippen LogP contribution in [0.15, 0.2) is 30.3 Å². The van der Waals surface area contributed by atoms with Gasteiger partial charge in [-0.3, -0.25) is 5.10 Å². The Balaban J connectivity index is 2.01. The van der Waals surface area contributed by atoms with Gasteiger partial charge in [-0.25, -0.2) is 0 Å². The molecule has 6 nitrogen and oxygen atoms in total. The SMILES string of the molecule is COc1ccc2c(OCC(C)C)nc(Nc3cc(C)[nH]n3)cc2c1. The van der Waals surface area contributed by atoms with Gasteiger partial charge < -0.3 is 14.8 Å². The Kier molecular flexibility index (Phi) is 4.55. The highest BCUT2D eigenvalue weighted by atomic mass is 16.5. The van der Waals surface area contributed by atoms with Gasteiger partial charge in [0, 0.05) is 17.1 Å². The van der Waals surface area contributed by atoms with E-state index in [1.807, 2.05) is 37.3 Å². The predicted octanol–water partition coefficient (Wildman–Crippen LogP) is 4.05. The monoisotopic (exact) mass is 326 g/mol. The Morgan fingerprint density at radius 2 is 2.00 bits per heavy atom. The summed E-state index contributed by atoms with van der Waals surface area (Å²) in [5, 5.41) is 12.3. The van der Waals surface area contributed by atoms with Crippen LogP contribution in [0.2, 0.25) is 0 Å². The topological polar surface area (TPSA) is 72.1 Å². The van der Waals surface area contributed by atoms with Crippen LogP contribution in [0.25, 0.3) is 10.8 Å². The van der Waals surface area contributed by atoms with E-state index in [1.54, 1.807) is 7.11 Å². The molecule has 1 aromatic carbocycles. The summed E-state index contributed by atoms with van der Waals surface area (Å²) < 4.78 is 11.2. The Bertz CT molecular complexity index is 842. The highest BCUT2D eigenvalue weighted by molar-refractivity contribution is 5.90. The molecule has 3 aromatic rings. The van der Waals surface area contributed by atoms with E-state index in [-0.39, 0.29) is 0 Å². The van der Waals surface area contributed by atoms with Crippen molar-refractivity contribution in [1.29, 1.82) is 0 Å². The van der Waals surface area contributed by atoms with E-state index in [0.29, 0.717) is 24.2 Å². The summed E-state index contributed by atoms with van der Waals surface area (Å²) in [5.74, 6) is 3.23. The second-order valence-corrected chi connectivity index (χ2v) is 6.17. The fourth-order valence-electron chi connectivity index (χ4n) is 2.36. The molecule has 6 heteroatoms. The van der Waals surface area contributed by atoms with Crippen LogP contribution in [0.3, 0.4) is 0 Å². The van der Waals surface area contributed by atoms with Gasteiger partial charge in [-0.2, -0.15) is 10.1 Å². The molecule has 2 N–H and O–H groups in total. The van der Waals surface area contributed by atoms with Gasteiger partial charge >= 0.3 is 0 Å². The second-order valence-electron chi connectivity index (χ2n) is 6.17. The molecule has 0 saturated carbocycles. The maximum atomic E-state index is 5.92. The highest BCUT2D eigenvalue weighted by Gasteiger charge is 2.10. The first-order valence-electron chi connectivity index (χ1n) is 7.96. The molecule has 2 heterocycles. The summed E-state index contributed by atoms with van der Waals surface area (Å²) in [6, 6.07) is 9.74. The number of nitrogens with one attached hydrogen (secondary N) is 2. The molecule has 0 unspecified atom stereocenters. The predicted molar refractivity (Wildman–Crippen MR) is 95.2 cm³/mol. The van der Waals surface area contributed by atoms with E-state index in [2.05, 4.69) is 34.3 Å². The molecule has 2 aromatic heterocycles. The number of nitrogens with zero attached hydrogens (tertiary/aromatic N) is 2. The third-order valence-corrected chi connectivity index (χ3v) is 3.52. The lowest BCUT2D eigenvalue weighted by molar-refractivity contribution is 0.265. The molecule has 0 aliphatic carbocycles. The maximum Gasteiger partial charge on any atom is 0.223 e. The summed E-state index contributed by atoms with van der Waals surface area (Å²) in [6.45, 7) is 6.78. The maximum absolute atomic E-state index is 5.92. The molecule has 0 saturated heterocycles. The average molecular weight is 326 g/mol. The number of rotatable bonds is 6. The molecule has 0 fully saturated rings. The van der Waals surface area contributed by atoms with Crippen molar-refractivity contribution in [3.8, 4) is 11.6 Å². The summed E-state index contributed by atoms with van der Waals surface area (Å²) >= 11 is 0. The van der Waals surface area contributed by atoms with E-state index in [0.717, 1.165) is 28.0 Å². The summed E-state index contributed by atoms with van der Waals surface area (Å²) in [5.41, 5.74) is 0.983. The van der Waals surface area contributed by atoms with Crippen LogP contribution in [0.1, 0.15) is 19.5 Å². The molecule has 0 aliphatic heterocycles. The first-order valence-corrected chi connectivity index (χ1v) is 7.96. The third-order valence-electron chi connectivity index (χ3n) is 3.52. The van der Waals surface area contributed by atoms with Crippen LogP contribution >= 0.6 is 0 Å². The third kappa shape index (κ3) is 3.59. The fourth-order valence-corrected chi connectivity index (χ4v) is 2.36. The fraction of sp³-hybridized carbons (Fsp3) is 0.333. The van der Waals surface area contributed by atoms with E-state index < -0.39 is 0 Å². The van der Waals surface area contributed by atoms with Crippen LogP contribution in [-0.4, -0.2) is 28.9 Å². The number of methoxy groups -OCH3 is 1. The van der Waals surface area contributed by atoms with E-state index in [9.17, 15) is 0 Å². The Morgan fingerprint density at radius 1 is 1.17 bits per heavy atom. The van der Waals surface area contributed by atoms with Gasteiger partial charge in [0.15, 0.2) is 5.82 Å². The van der Waals surface area contributed by atoms with Gasteiger partial charge in [0.1, 0.15) is 11.6 Å². The quantitative estimate of drug-likeness (QED) is 0.715. The number of aromatic amines is 1. The zero-order chi connectivity index (χ0) is 17.1. The number of hydrogen-bond acceptors (Lipinski definition) is 5. The number of benzene rings is 1. The van der Waals surface area contributed by atoms with Gasteiger partial charge in [0.05, 0.1) is 13.7 Å². The van der Waals surface area contributed by atoms with Gasteiger partial charge in [0.2, 0.25) is 5.88 Å². The second kappa shape index (κ2) is 6.78.